The van der Waals surface area contributed by atoms with Crippen molar-refractivity contribution in [2.24, 2.45) is 10.7 Å². The Labute approximate surface area is 149 Å². The fourth-order valence-corrected chi connectivity index (χ4v) is 2.29. The van der Waals surface area contributed by atoms with E-state index in [1.54, 1.807) is 7.11 Å². The second kappa shape index (κ2) is 9.88. The molecule has 25 heavy (non-hydrogen) atoms. The molecule has 1 aliphatic rings. The number of methoxy groups -OCH3 is 1. The number of carbonyl (C=O) groups excluding carboxylic acids is 1. The van der Waals surface area contributed by atoms with Crippen LogP contribution in [0.1, 0.15) is 25.3 Å². The number of nitrogens with one attached hydrogen (secondary N) is 2. The first-order valence-electron chi connectivity index (χ1n) is 8.63. The zero-order valence-electron chi connectivity index (χ0n) is 15.0. The number of aliphatic imine (C=N–C) groups is 1. The molecule has 0 spiro atoms. The smallest absolute Gasteiger partial charge is 0.258 e. The van der Waals surface area contributed by atoms with Gasteiger partial charge in [0.1, 0.15) is 5.75 Å². The second-order valence-electron chi connectivity index (χ2n) is 6.29. The standard InChI is InChI=1S/C18H28N4O3/c1-13(11-24-2)21-18(19)20-10-9-14-3-7-16(8-4-14)25-12-17(23)22-15-5-6-15/h3-4,7-8,13,15H,5-6,9-12H2,1-2H3,(H,22,23)(H3,19,20,21). The molecule has 1 fully saturated rings. The lowest BCUT2D eigenvalue weighted by Crippen LogP contribution is -2.40. The van der Waals surface area contributed by atoms with Gasteiger partial charge in [-0.1, -0.05) is 12.1 Å². The summed E-state index contributed by atoms with van der Waals surface area (Å²) in [4.78, 5) is 15.9. The first kappa shape index (κ1) is 19.1. The summed E-state index contributed by atoms with van der Waals surface area (Å²) in [7, 11) is 1.65. The molecular formula is C18H28N4O3. The summed E-state index contributed by atoms with van der Waals surface area (Å²) in [6.07, 6.45) is 2.94. The van der Waals surface area contributed by atoms with E-state index in [2.05, 4.69) is 15.6 Å². The number of benzene rings is 1. The highest BCUT2D eigenvalue weighted by atomic mass is 16.5. The Bertz CT molecular complexity index is 570. The van der Waals surface area contributed by atoms with E-state index in [0.29, 0.717) is 30.9 Å². The molecule has 4 N–H and O–H groups in total. The number of guanidine groups is 1. The maximum atomic E-state index is 11.6. The third-order valence-electron chi connectivity index (χ3n) is 3.73. The number of amides is 1. The van der Waals surface area contributed by atoms with Crippen LogP contribution in [0.3, 0.4) is 0 Å². The first-order chi connectivity index (χ1) is 12.1. The molecule has 0 saturated heterocycles. The predicted molar refractivity (Wildman–Crippen MR) is 97.8 cm³/mol. The fraction of sp³-hybridized carbons (Fsp3) is 0.556. The zero-order valence-corrected chi connectivity index (χ0v) is 15.0. The van der Waals surface area contributed by atoms with Gasteiger partial charge < -0.3 is 25.8 Å². The number of ether oxygens (including phenoxy) is 2. The maximum absolute atomic E-state index is 11.6. The number of hydrogen-bond donors (Lipinski definition) is 3. The van der Waals surface area contributed by atoms with Crippen molar-refractivity contribution >= 4 is 11.9 Å². The van der Waals surface area contributed by atoms with Gasteiger partial charge >= 0.3 is 0 Å². The van der Waals surface area contributed by atoms with Crippen LogP contribution in [0.5, 0.6) is 5.75 Å². The molecule has 1 unspecified atom stereocenters. The van der Waals surface area contributed by atoms with E-state index in [1.165, 1.54) is 0 Å². The molecule has 1 amide bonds. The lowest BCUT2D eigenvalue weighted by molar-refractivity contribution is -0.123. The van der Waals surface area contributed by atoms with Gasteiger partial charge in [-0.25, -0.2) is 0 Å². The summed E-state index contributed by atoms with van der Waals surface area (Å²) >= 11 is 0. The van der Waals surface area contributed by atoms with Crippen molar-refractivity contribution in [3.63, 3.8) is 0 Å². The van der Waals surface area contributed by atoms with Crippen molar-refractivity contribution in [1.29, 1.82) is 0 Å². The van der Waals surface area contributed by atoms with Gasteiger partial charge in [0.25, 0.3) is 5.91 Å². The minimum Gasteiger partial charge on any atom is -0.484 e. The van der Waals surface area contributed by atoms with Gasteiger partial charge in [0.15, 0.2) is 12.6 Å². The molecule has 0 aromatic heterocycles. The van der Waals surface area contributed by atoms with Gasteiger partial charge in [0.2, 0.25) is 0 Å². The molecule has 1 aliphatic carbocycles. The lowest BCUT2D eigenvalue weighted by Gasteiger charge is -2.13. The van der Waals surface area contributed by atoms with E-state index >= 15 is 0 Å². The Balaban J connectivity index is 1.67. The highest BCUT2D eigenvalue weighted by molar-refractivity contribution is 5.78. The van der Waals surface area contributed by atoms with Crippen LogP contribution >= 0.6 is 0 Å². The molecule has 1 aromatic carbocycles. The van der Waals surface area contributed by atoms with Crippen LogP contribution in [0, 0.1) is 0 Å². The van der Waals surface area contributed by atoms with Crippen molar-refractivity contribution in [2.75, 3.05) is 26.9 Å². The topological polar surface area (TPSA) is 98.0 Å². The van der Waals surface area contributed by atoms with Crippen LogP contribution in [0.2, 0.25) is 0 Å². The van der Waals surface area contributed by atoms with Crippen LogP contribution in [-0.4, -0.2) is 50.8 Å². The highest BCUT2D eigenvalue weighted by Gasteiger charge is 2.23. The first-order valence-corrected chi connectivity index (χ1v) is 8.63. The van der Waals surface area contributed by atoms with Crippen molar-refractivity contribution in [3.8, 4) is 5.75 Å². The molecule has 1 aromatic rings. The summed E-state index contributed by atoms with van der Waals surface area (Å²) in [6.45, 7) is 3.22. The number of rotatable bonds is 10. The molecule has 0 bridgehead atoms. The van der Waals surface area contributed by atoms with Crippen LogP contribution in [-0.2, 0) is 16.0 Å². The number of nitrogens with two attached hydrogens (primary N) is 1. The van der Waals surface area contributed by atoms with Crippen molar-refractivity contribution < 1.29 is 14.3 Å². The molecule has 0 heterocycles. The fourth-order valence-electron chi connectivity index (χ4n) is 2.29. The van der Waals surface area contributed by atoms with Gasteiger partial charge in [-0.2, -0.15) is 0 Å². The summed E-state index contributed by atoms with van der Waals surface area (Å²) in [5.74, 6) is 1.05. The molecule has 7 heteroatoms. The third kappa shape index (κ3) is 7.89. The van der Waals surface area contributed by atoms with Crippen molar-refractivity contribution in [3.05, 3.63) is 29.8 Å². The molecule has 2 rings (SSSR count). The van der Waals surface area contributed by atoms with E-state index < -0.39 is 0 Å². The summed E-state index contributed by atoms with van der Waals surface area (Å²) in [6, 6.07) is 8.17. The van der Waals surface area contributed by atoms with Gasteiger partial charge in [0, 0.05) is 25.7 Å². The molecular weight excluding hydrogens is 320 g/mol. The Kier molecular flexibility index (Phi) is 7.53. The lowest BCUT2D eigenvalue weighted by atomic mass is 10.1. The molecule has 0 aliphatic heterocycles. The average molecular weight is 348 g/mol. The van der Waals surface area contributed by atoms with E-state index in [4.69, 9.17) is 15.2 Å². The van der Waals surface area contributed by atoms with Crippen LogP contribution in [0.25, 0.3) is 0 Å². The van der Waals surface area contributed by atoms with Gasteiger partial charge in [0.05, 0.1) is 6.61 Å². The minimum absolute atomic E-state index is 0.0575. The normalized spacial score (nSPS) is 15.5. The largest absolute Gasteiger partial charge is 0.484 e. The molecule has 1 atom stereocenters. The van der Waals surface area contributed by atoms with Crippen molar-refractivity contribution in [2.45, 2.75) is 38.3 Å². The quantitative estimate of drug-likeness (QED) is 0.430. The van der Waals surface area contributed by atoms with E-state index in [-0.39, 0.29) is 18.6 Å². The second-order valence-corrected chi connectivity index (χ2v) is 6.29. The molecule has 138 valence electrons. The summed E-state index contributed by atoms with van der Waals surface area (Å²) < 4.78 is 10.5. The zero-order chi connectivity index (χ0) is 18.1. The molecule has 0 radical (unpaired) electrons. The summed E-state index contributed by atoms with van der Waals surface area (Å²) in [5, 5.41) is 5.96. The number of hydrogen-bond acceptors (Lipinski definition) is 4. The van der Waals surface area contributed by atoms with Crippen LogP contribution in [0.4, 0.5) is 0 Å². The highest BCUT2D eigenvalue weighted by Crippen LogP contribution is 2.18. The van der Waals surface area contributed by atoms with E-state index in [9.17, 15) is 4.79 Å². The minimum atomic E-state index is -0.0633. The van der Waals surface area contributed by atoms with Crippen molar-refractivity contribution in [1.82, 2.24) is 10.6 Å². The van der Waals surface area contributed by atoms with Crippen LogP contribution in [0.15, 0.2) is 29.3 Å². The van der Waals surface area contributed by atoms with Gasteiger partial charge in [-0.3, -0.25) is 9.79 Å². The van der Waals surface area contributed by atoms with Gasteiger partial charge in [-0.15, -0.1) is 0 Å². The molecule has 7 nitrogen and oxygen atoms in total. The van der Waals surface area contributed by atoms with E-state index in [0.717, 1.165) is 24.8 Å². The maximum Gasteiger partial charge on any atom is 0.258 e. The SMILES string of the molecule is COCC(C)NC(N)=NCCc1ccc(OCC(=O)NC2CC2)cc1. The van der Waals surface area contributed by atoms with Gasteiger partial charge in [-0.05, 0) is 43.9 Å². The summed E-state index contributed by atoms with van der Waals surface area (Å²) in [5.41, 5.74) is 6.96. The predicted octanol–water partition coefficient (Wildman–Crippen LogP) is 0.826. The Morgan fingerprint density at radius 2 is 2.08 bits per heavy atom. The Morgan fingerprint density at radius 1 is 1.36 bits per heavy atom. The number of carbonyl (C=O) groups is 1. The Morgan fingerprint density at radius 3 is 2.72 bits per heavy atom. The monoisotopic (exact) mass is 348 g/mol. The average Bonchev–Trinajstić information content (AvgIpc) is 3.38. The van der Waals surface area contributed by atoms with E-state index in [1.807, 2.05) is 31.2 Å². The third-order valence-corrected chi connectivity index (χ3v) is 3.73. The molecule has 1 saturated carbocycles. The van der Waals surface area contributed by atoms with Crippen LogP contribution < -0.4 is 21.1 Å². The number of nitrogens with zero attached hydrogens (tertiary/aromatic N) is 1. The Hall–Kier alpha value is -2.28.